The van der Waals surface area contributed by atoms with Gasteiger partial charge in [-0.15, -0.1) is 11.3 Å². The highest BCUT2D eigenvalue weighted by molar-refractivity contribution is 7.10. The van der Waals surface area contributed by atoms with Gasteiger partial charge in [0.15, 0.2) is 5.60 Å². The Morgan fingerprint density at radius 2 is 2.04 bits per heavy atom. The van der Waals surface area contributed by atoms with Crippen LogP contribution in [0.5, 0.6) is 0 Å². The summed E-state index contributed by atoms with van der Waals surface area (Å²) in [4.78, 5) is 24.7. The summed E-state index contributed by atoms with van der Waals surface area (Å²) in [6.45, 7) is -0.280. The Hall–Kier alpha value is -2.68. The maximum Gasteiger partial charge on any atom is 0.313 e. The van der Waals surface area contributed by atoms with Crippen LogP contribution in [0, 0.1) is 5.82 Å². The van der Waals surface area contributed by atoms with E-state index in [1.165, 1.54) is 29.7 Å². The van der Waals surface area contributed by atoms with Gasteiger partial charge in [-0.3, -0.25) is 9.59 Å². The van der Waals surface area contributed by atoms with E-state index in [2.05, 4.69) is 10.6 Å². The average molecular weight is 409 g/mol. The number of thiophene rings is 1. The van der Waals surface area contributed by atoms with Gasteiger partial charge in [0.2, 0.25) is 0 Å². The molecule has 1 unspecified atom stereocenters. The molecule has 3 rings (SSSR count). The molecule has 2 amide bonds. The van der Waals surface area contributed by atoms with Crippen molar-refractivity contribution in [1.82, 2.24) is 5.32 Å². The third kappa shape index (κ3) is 4.19. The van der Waals surface area contributed by atoms with Crippen LogP contribution in [0.15, 0.2) is 58.5 Å². The van der Waals surface area contributed by atoms with Crippen molar-refractivity contribution in [2.75, 3.05) is 11.9 Å². The fourth-order valence-corrected chi connectivity index (χ4v) is 3.38. The topological polar surface area (TPSA) is 91.6 Å². The van der Waals surface area contributed by atoms with Crippen LogP contribution in [-0.2, 0) is 15.2 Å². The second-order valence-electron chi connectivity index (χ2n) is 5.58. The number of furan rings is 1. The Morgan fingerprint density at radius 3 is 2.67 bits per heavy atom. The zero-order valence-corrected chi connectivity index (χ0v) is 15.3. The quantitative estimate of drug-likeness (QED) is 0.566. The van der Waals surface area contributed by atoms with E-state index < -0.39 is 23.2 Å². The molecule has 0 saturated carbocycles. The third-order valence-electron chi connectivity index (χ3n) is 3.75. The van der Waals surface area contributed by atoms with E-state index in [0.29, 0.717) is 4.88 Å². The van der Waals surface area contributed by atoms with E-state index in [1.807, 2.05) is 0 Å². The van der Waals surface area contributed by atoms with Gasteiger partial charge in [-0.25, -0.2) is 4.39 Å². The molecule has 0 bridgehead atoms. The minimum absolute atomic E-state index is 0.168. The number of anilines is 1. The van der Waals surface area contributed by atoms with Crippen molar-refractivity contribution in [2.24, 2.45) is 0 Å². The van der Waals surface area contributed by atoms with Crippen molar-refractivity contribution in [3.63, 3.8) is 0 Å². The highest BCUT2D eigenvalue weighted by Crippen LogP contribution is 2.32. The number of nitrogens with one attached hydrogen (secondary N) is 2. The van der Waals surface area contributed by atoms with Gasteiger partial charge < -0.3 is 20.2 Å². The minimum atomic E-state index is -1.62. The molecule has 27 heavy (non-hydrogen) atoms. The third-order valence-corrected chi connectivity index (χ3v) is 5.06. The number of hydrogen-bond donors (Lipinski definition) is 3. The molecule has 0 aliphatic heterocycles. The Kier molecular flexibility index (Phi) is 5.59. The van der Waals surface area contributed by atoms with Crippen LogP contribution < -0.4 is 10.6 Å². The number of benzene rings is 1. The molecule has 3 N–H and O–H groups in total. The Balaban J connectivity index is 1.69. The van der Waals surface area contributed by atoms with Crippen molar-refractivity contribution in [3.8, 4) is 0 Å². The molecular formula is C18H14ClFN2O4S. The molecule has 0 fully saturated rings. The summed E-state index contributed by atoms with van der Waals surface area (Å²) in [5.41, 5.74) is -1.45. The van der Waals surface area contributed by atoms with E-state index in [-0.39, 0.29) is 23.0 Å². The number of rotatable bonds is 5. The monoisotopic (exact) mass is 408 g/mol. The first-order chi connectivity index (χ1) is 12.9. The molecule has 9 heteroatoms. The minimum Gasteiger partial charge on any atom is -0.466 e. The zero-order chi connectivity index (χ0) is 19.4. The van der Waals surface area contributed by atoms with Gasteiger partial charge in [-0.1, -0.05) is 17.7 Å². The van der Waals surface area contributed by atoms with Gasteiger partial charge in [-0.05, 0) is 41.8 Å². The van der Waals surface area contributed by atoms with E-state index in [9.17, 15) is 19.1 Å². The summed E-state index contributed by atoms with van der Waals surface area (Å²) < 4.78 is 18.4. The van der Waals surface area contributed by atoms with Crippen molar-refractivity contribution < 1.29 is 23.5 Å². The van der Waals surface area contributed by atoms with Crippen LogP contribution in [0.3, 0.4) is 0 Å². The highest BCUT2D eigenvalue weighted by Gasteiger charge is 2.36. The smallest absolute Gasteiger partial charge is 0.313 e. The summed E-state index contributed by atoms with van der Waals surface area (Å²) in [6, 6.07) is 10.2. The van der Waals surface area contributed by atoms with Gasteiger partial charge in [0.1, 0.15) is 11.6 Å². The lowest BCUT2D eigenvalue weighted by Gasteiger charge is -2.25. The highest BCUT2D eigenvalue weighted by atomic mass is 35.5. The first-order valence-corrected chi connectivity index (χ1v) is 9.00. The maximum absolute atomic E-state index is 13.2. The second kappa shape index (κ2) is 7.91. The van der Waals surface area contributed by atoms with Crippen molar-refractivity contribution in [3.05, 3.63) is 75.6 Å². The number of halogens is 2. The predicted molar refractivity (Wildman–Crippen MR) is 99.1 cm³/mol. The molecule has 3 aromatic rings. The molecule has 1 atom stereocenters. The summed E-state index contributed by atoms with van der Waals surface area (Å²) in [7, 11) is 0. The van der Waals surface area contributed by atoms with Crippen molar-refractivity contribution in [1.29, 1.82) is 0 Å². The molecule has 140 valence electrons. The van der Waals surface area contributed by atoms with Crippen LogP contribution in [-0.4, -0.2) is 23.5 Å². The molecule has 2 aromatic heterocycles. The van der Waals surface area contributed by atoms with E-state index in [0.717, 1.165) is 6.07 Å². The molecule has 0 saturated heterocycles. The van der Waals surface area contributed by atoms with E-state index in [4.69, 9.17) is 16.0 Å². The summed E-state index contributed by atoms with van der Waals surface area (Å²) in [5.74, 6) is -2.36. The lowest BCUT2D eigenvalue weighted by molar-refractivity contribution is -0.136. The molecule has 0 aliphatic rings. The Morgan fingerprint density at radius 1 is 1.22 bits per heavy atom. The molecule has 1 aromatic carbocycles. The van der Waals surface area contributed by atoms with Crippen LogP contribution in [0.2, 0.25) is 5.02 Å². The van der Waals surface area contributed by atoms with Gasteiger partial charge in [-0.2, -0.15) is 0 Å². The van der Waals surface area contributed by atoms with Crippen LogP contribution >= 0.6 is 22.9 Å². The van der Waals surface area contributed by atoms with Crippen LogP contribution in [0.25, 0.3) is 0 Å². The SMILES string of the molecule is O=C(NCC(O)(c1ccco1)c1cccs1)C(=O)Nc1ccc(F)c(Cl)c1. The molecular weight excluding hydrogens is 395 g/mol. The van der Waals surface area contributed by atoms with E-state index >= 15 is 0 Å². The first-order valence-electron chi connectivity index (χ1n) is 7.75. The van der Waals surface area contributed by atoms with Gasteiger partial charge in [0.05, 0.1) is 17.8 Å². The second-order valence-corrected chi connectivity index (χ2v) is 6.94. The Labute approximate surface area is 162 Å². The van der Waals surface area contributed by atoms with Crippen LogP contribution in [0.4, 0.5) is 10.1 Å². The number of carbonyl (C=O) groups excluding carboxylic acids is 2. The van der Waals surface area contributed by atoms with Crippen LogP contribution in [0.1, 0.15) is 10.6 Å². The summed E-state index contributed by atoms with van der Waals surface area (Å²) in [5, 5.41) is 17.3. The maximum atomic E-state index is 13.2. The largest absolute Gasteiger partial charge is 0.466 e. The van der Waals surface area contributed by atoms with E-state index in [1.54, 1.807) is 29.6 Å². The lowest BCUT2D eigenvalue weighted by Crippen LogP contribution is -2.44. The average Bonchev–Trinajstić information content (AvgIpc) is 3.36. The molecule has 0 radical (unpaired) electrons. The Bertz CT molecular complexity index is 910. The molecule has 0 aliphatic carbocycles. The number of carbonyl (C=O) groups is 2. The normalized spacial score (nSPS) is 13.0. The molecule has 6 nitrogen and oxygen atoms in total. The number of hydrogen-bond acceptors (Lipinski definition) is 5. The van der Waals surface area contributed by atoms with Gasteiger partial charge >= 0.3 is 11.8 Å². The summed E-state index contributed by atoms with van der Waals surface area (Å²) in [6.07, 6.45) is 1.40. The number of amides is 2. The fourth-order valence-electron chi connectivity index (χ4n) is 2.37. The summed E-state index contributed by atoms with van der Waals surface area (Å²) >= 11 is 6.92. The van der Waals surface area contributed by atoms with Gasteiger partial charge in [0, 0.05) is 10.6 Å². The van der Waals surface area contributed by atoms with Crippen molar-refractivity contribution >= 4 is 40.4 Å². The molecule has 0 spiro atoms. The zero-order valence-electron chi connectivity index (χ0n) is 13.7. The van der Waals surface area contributed by atoms with Crippen molar-refractivity contribution in [2.45, 2.75) is 5.60 Å². The fraction of sp³-hybridized carbons (Fsp3) is 0.111. The first kappa shape index (κ1) is 19.1. The standard InChI is InChI=1S/C18H14ClFN2O4S/c19-12-9-11(5-6-13(12)20)22-17(24)16(23)21-10-18(25,14-3-1-7-26-14)15-4-2-8-27-15/h1-9,25H,10H2,(H,21,23)(H,22,24). The lowest BCUT2D eigenvalue weighted by atomic mass is 9.98. The number of aliphatic hydroxyl groups is 1. The predicted octanol–water partition coefficient (Wildman–Crippen LogP) is 3.12. The van der Waals surface area contributed by atoms with Gasteiger partial charge in [0.25, 0.3) is 0 Å². The molecule has 2 heterocycles.